The van der Waals surface area contributed by atoms with Gasteiger partial charge in [0.25, 0.3) is 5.76 Å². The van der Waals surface area contributed by atoms with Gasteiger partial charge in [0.15, 0.2) is 5.69 Å². The predicted molar refractivity (Wildman–Crippen MR) is 49.6 cm³/mol. The third-order valence-electron chi connectivity index (χ3n) is 1.80. The summed E-state index contributed by atoms with van der Waals surface area (Å²) < 4.78 is 41.4. The van der Waals surface area contributed by atoms with Crippen molar-refractivity contribution >= 4 is 17.3 Å². The second-order valence-corrected chi connectivity index (χ2v) is 3.77. The van der Waals surface area contributed by atoms with E-state index in [0.717, 1.165) is 11.3 Å². The molecule has 0 amide bonds. The first-order valence-electron chi connectivity index (χ1n) is 4.11. The third-order valence-corrected chi connectivity index (χ3v) is 2.58. The Balaban J connectivity index is 2.64. The van der Waals surface area contributed by atoms with E-state index < -0.39 is 29.2 Å². The zero-order valence-electron chi connectivity index (χ0n) is 7.85. The highest BCUT2D eigenvalue weighted by Crippen LogP contribution is 2.37. The number of hydrogen-bond acceptors (Lipinski definition) is 5. The highest BCUT2D eigenvalue weighted by molar-refractivity contribution is 7.13. The van der Waals surface area contributed by atoms with Gasteiger partial charge in [-0.3, -0.25) is 0 Å². The van der Waals surface area contributed by atoms with Crippen molar-refractivity contribution in [3.63, 3.8) is 0 Å². The smallest absolute Gasteiger partial charge is 0.453 e. The zero-order chi connectivity index (χ0) is 12.6. The maximum absolute atomic E-state index is 12.4. The van der Waals surface area contributed by atoms with Crippen LogP contribution in [0.3, 0.4) is 0 Å². The molecule has 90 valence electrons. The SMILES string of the molecule is O=C(O)c1c(-c2nccs2)noc1C(F)(F)F. The molecule has 0 bridgehead atoms. The molecule has 0 aliphatic carbocycles. The Morgan fingerprint density at radius 1 is 1.47 bits per heavy atom. The van der Waals surface area contributed by atoms with Crippen LogP contribution in [0.15, 0.2) is 16.1 Å². The van der Waals surface area contributed by atoms with Gasteiger partial charge in [-0.05, 0) is 0 Å². The number of carboxylic acid groups (broad SMARTS) is 1. The van der Waals surface area contributed by atoms with E-state index in [9.17, 15) is 18.0 Å². The van der Waals surface area contributed by atoms with E-state index in [1.807, 2.05) is 0 Å². The van der Waals surface area contributed by atoms with Gasteiger partial charge in [-0.2, -0.15) is 13.2 Å². The van der Waals surface area contributed by atoms with E-state index >= 15 is 0 Å². The summed E-state index contributed by atoms with van der Waals surface area (Å²) in [5.41, 5.74) is -1.44. The molecule has 0 aromatic carbocycles. The fraction of sp³-hybridized carbons (Fsp3) is 0.125. The Hall–Kier alpha value is -1.90. The Morgan fingerprint density at radius 3 is 2.65 bits per heavy atom. The Labute approximate surface area is 95.5 Å². The lowest BCUT2D eigenvalue weighted by Gasteiger charge is -2.01. The highest BCUT2D eigenvalue weighted by atomic mass is 32.1. The molecule has 0 saturated carbocycles. The van der Waals surface area contributed by atoms with Crippen LogP contribution in [-0.4, -0.2) is 21.2 Å². The number of hydrogen-bond donors (Lipinski definition) is 1. The number of alkyl halides is 3. The van der Waals surface area contributed by atoms with E-state index in [0.29, 0.717) is 0 Å². The summed E-state index contributed by atoms with van der Waals surface area (Å²) in [6.07, 6.45) is -3.58. The van der Waals surface area contributed by atoms with Gasteiger partial charge in [-0.1, -0.05) is 5.16 Å². The Kier molecular flexibility index (Phi) is 2.62. The van der Waals surface area contributed by atoms with E-state index in [1.54, 1.807) is 0 Å². The summed E-state index contributed by atoms with van der Waals surface area (Å²) >= 11 is 0.967. The van der Waals surface area contributed by atoms with Crippen LogP contribution < -0.4 is 0 Å². The van der Waals surface area contributed by atoms with Crippen molar-refractivity contribution in [1.29, 1.82) is 0 Å². The second-order valence-electron chi connectivity index (χ2n) is 2.88. The largest absolute Gasteiger partial charge is 0.477 e. The average Bonchev–Trinajstić information content (AvgIpc) is 2.84. The minimum atomic E-state index is -4.91. The van der Waals surface area contributed by atoms with Crippen LogP contribution in [0, 0.1) is 0 Å². The number of nitrogens with zero attached hydrogens (tertiary/aromatic N) is 2. The molecule has 5 nitrogen and oxygen atoms in total. The number of carboxylic acids is 1. The van der Waals surface area contributed by atoms with Crippen molar-refractivity contribution in [3.05, 3.63) is 22.9 Å². The molecule has 0 saturated heterocycles. The first kappa shape index (κ1) is 11.6. The summed E-state index contributed by atoms with van der Waals surface area (Å²) in [7, 11) is 0. The van der Waals surface area contributed by atoms with Gasteiger partial charge < -0.3 is 9.63 Å². The molecule has 17 heavy (non-hydrogen) atoms. The van der Waals surface area contributed by atoms with Gasteiger partial charge in [0, 0.05) is 11.6 Å². The molecular formula is C8H3F3N2O3S. The summed E-state index contributed by atoms with van der Waals surface area (Å²) in [6, 6.07) is 0. The number of halogens is 3. The molecule has 0 fully saturated rings. The number of carbonyl (C=O) groups is 1. The fourth-order valence-electron chi connectivity index (χ4n) is 1.17. The number of aromatic carboxylic acids is 1. The van der Waals surface area contributed by atoms with Crippen LogP contribution in [0.1, 0.15) is 16.1 Å². The molecule has 0 radical (unpaired) electrons. The van der Waals surface area contributed by atoms with Crippen LogP contribution in [-0.2, 0) is 6.18 Å². The van der Waals surface area contributed by atoms with Gasteiger partial charge in [0.2, 0.25) is 0 Å². The van der Waals surface area contributed by atoms with Crippen LogP contribution in [0.2, 0.25) is 0 Å². The molecule has 0 atom stereocenters. The lowest BCUT2D eigenvalue weighted by atomic mass is 10.2. The second kappa shape index (κ2) is 3.84. The normalized spacial score (nSPS) is 11.7. The first-order valence-corrected chi connectivity index (χ1v) is 4.99. The summed E-state index contributed by atoms with van der Waals surface area (Å²) in [5, 5.41) is 13.4. The van der Waals surface area contributed by atoms with E-state index in [4.69, 9.17) is 5.11 Å². The standard InChI is InChI=1S/C8H3F3N2O3S/c9-8(10,11)5-3(7(14)15)4(13-16-5)6-12-1-2-17-6/h1-2H,(H,14,15). The minimum absolute atomic E-state index is 0.0571. The molecule has 2 heterocycles. The number of thiazole rings is 1. The average molecular weight is 264 g/mol. The minimum Gasteiger partial charge on any atom is -0.477 e. The predicted octanol–water partition coefficient (Wildman–Crippen LogP) is 2.52. The zero-order valence-corrected chi connectivity index (χ0v) is 8.67. The molecule has 0 unspecified atom stereocenters. The van der Waals surface area contributed by atoms with Gasteiger partial charge in [0.1, 0.15) is 10.6 Å². The molecule has 2 aromatic heterocycles. The third kappa shape index (κ3) is 2.00. The highest BCUT2D eigenvalue weighted by Gasteiger charge is 2.43. The number of rotatable bonds is 2. The van der Waals surface area contributed by atoms with Crippen molar-refractivity contribution < 1.29 is 27.6 Å². The van der Waals surface area contributed by atoms with Crippen molar-refractivity contribution in [2.75, 3.05) is 0 Å². The van der Waals surface area contributed by atoms with Gasteiger partial charge in [0.05, 0.1) is 0 Å². The van der Waals surface area contributed by atoms with Crippen molar-refractivity contribution in [1.82, 2.24) is 10.1 Å². The van der Waals surface area contributed by atoms with Crippen LogP contribution in [0.5, 0.6) is 0 Å². The lowest BCUT2D eigenvalue weighted by Crippen LogP contribution is -2.10. The monoisotopic (exact) mass is 264 g/mol. The van der Waals surface area contributed by atoms with Crippen molar-refractivity contribution in [3.8, 4) is 10.7 Å². The first-order chi connectivity index (χ1) is 7.91. The summed E-state index contributed by atoms with van der Waals surface area (Å²) in [4.78, 5) is 14.5. The van der Waals surface area contributed by atoms with Crippen molar-refractivity contribution in [2.24, 2.45) is 0 Å². The van der Waals surface area contributed by atoms with Gasteiger partial charge in [-0.25, -0.2) is 9.78 Å². The molecular weight excluding hydrogens is 261 g/mol. The molecule has 2 aromatic rings. The topological polar surface area (TPSA) is 76.2 Å². The quantitative estimate of drug-likeness (QED) is 0.901. The van der Waals surface area contributed by atoms with Crippen LogP contribution in [0.25, 0.3) is 10.7 Å². The molecule has 2 rings (SSSR count). The van der Waals surface area contributed by atoms with Crippen LogP contribution >= 0.6 is 11.3 Å². The fourth-order valence-corrected chi connectivity index (χ4v) is 1.79. The van der Waals surface area contributed by atoms with Crippen LogP contribution in [0.4, 0.5) is 13.2 Å². The Morgan fingerprint density at radius 2 is 2.18 bits per heavy atom. The molecule has 0 aliphatic heterocycles. The molecule has 0 spiro atoms. The molecule has 0 aliphatic rings. The van der Waals surface area contributed by atoms with Gasteiger partial charge >= 0.3 is 12.1 Å². The maximum atomic E-state index is 12.4. The molecule has 9 heteroatoms. The van der Waals surface area contributed by atoms with E-state index in [1.165, 1.54) is 11.6 Å². The van der Waals surface area contributed by atoms with Gasteiger partial charge in [-0.15, -0.1) is 11.3 Å². The molecule has 1 N–H and O–H groups in total. The van der Waals surface area contributed by atoms with E-state index in [2.05, 4.69) is 14.7 Å². The Bertz CT molecular complexity index is 547. The van der Waals surface area contributed by atoms with Crippen molar-refractivity contribution in [2.45, 2.75) is 6.18 Å². The number of aromatic nitrogens is 2. The summed E-state index contributed by atoms with van der Waals surface area (Å²) in [6.45, 7) is 0. The maximum Gasteiger partial charge on any atom is 0.453 e. The lowest BCUT2D eigenvalue weighted by molar-refractivity contribution is -0.156. The van der Waals surface area contributed by atoms with E-state index in [-0.39, 0.29) is 5.01 Å². The summed E-state index contributed by atoms with van der Waals surface area (Å²) in [5.74, 6) is -3.39.